The summed E-state index contributed by atoms with van der Waals surface area (Å²) < 4.78 is 0. The number of hydrogen-bond acceptors (Lipinski definition) is 3. The van der Waals surface area contributed by atoms with Crippen LogP contribution in [0.3, 0.4) is 0 Å². The van der Waals surface area contributed by atoms with Crippen LogP contribution in [0.5, 0.6) is 0 Å². The average Bonchev–Trinajstić information content (AvgIpc) is 2.38. The molecule has 18 heavy (non-hydrogen) atoms. The molecule has 0 spiro atoms. The van der Waals surface area contributed by atoms with Crippen LogP contribution in [0.15, 0.2) is 24.3 Å². The molecule has 1 aliphatic heterocycles. The fourth-order valence-electron chi connectivity index (χ4n) is 2.37. The molecule has 0 bridgehead atoms. The molecule has 2 rings (SSSR count). The standard InChI is InChI=1S/C14H19NO3/c16-13(17)7-4-11-2-5-12(6-3-11)14(18)8-1-9-15-10-14/h2-3,5-6,15,18H,1,4,7-10H2,(H,16,17). The molecule has 98 valence electrons. The molecule has 0 saturated carbocycles. The van der Waals surface area contributed by atoms with E-state index in [1.165, 1.54) is 0 Å². The second-order valence-electron chi connectivity index (χ2n) is 4.90. The number of piperidine rings is 1. The van der Waals surface area contributed by atoms with Crippen molar-refractivity contribution in [2.45, 2.75) is 31.3 Å². The third-order valence-corrected chi connectivity index (χ3v) is 3.48. The van der Waals surface area contributed by atoms with E-state index in [2.05, 4.69) is 5.32 Å². The molecule has 4 heteroatoms. The van der Waals surface area contributed by atoms with Gasteiger partial charge in [-0.25, -0.2) is 0 Å². The summed E-state index contributed by atoms with van der Waals surface area (Å²) in [5.74, 6) is -0.783. The molecular formula is C14H19NO3. The summed E-state index contributed by atoms with van der Waals surface area (Å²) in [7, 11) is 0. The first-order chi connectivity index (χ1) is 8.60. The summed E-state index contributed by atoms with van der Waals surface area (Å²) in [5.41, 5.74) is 1.13. The predicted molar refractivity (Wildman–Crippen MR) is 68.4 cm³/mol. The van der Waals surface area contributed by atoms with Crippen LogP contribution in [0.2, 0.25) is 0 Å². The topological polar surface area (TPSA) is 69.6 Å². The third-order valence-electron chi connectivity index (χ3n) is 3.48. The Bertz CT molecular complexity index is 408. The minimum atomic E-state index is -0.783. The lowest BCUT2D eigenvalue weighted by Crippen LogP contribution is -2.43. The molecule has 0 radical (unpaired) electrons. The Balaban J connectivity index is 2.04. The summed E-state index contributed by atoms with van der Waals surface area (Å²) in [6.45, 7) is 1.54. The van der Waals surface area contributed by atoms with Gasteiger partial charge in [-0.15, -0.1) is 0 Å². The molecule has 1 aliphatic rings. The Morgan fingerprint density at radius 3 is 2.61 bits per heavy atom. The van der Waals surface area contributed by atoms with Crippen LogP contribution in [-0.2, 0) is 16.8 Å². The fourth-order valence-corrected chi connectivity index (χ4v) is 2.37. The van der Waals surface area contributed by atoms with Gasteiger partial charge in [0.1, 0.15) is 5.60 Å². The first kappa shape index (κ1) is 13.1. The van der Waals surface area contributed by atoms with Crippen molar-refractivity contribution < 1.29 is 15.0 Å². The Morgan fingerprint density at radius 2 is 2.06 bits per heavy atom. The van der Waals surface area contributed by atoms with Gasteiger partial charge in [0.25, 0.3) is 0 Å². The van der Waals surface area contributed by atoms with Gasteiger partial charge >= 0.3 is 5.97 Å². The quantitative estimate of drug-likeness (QED) is 0.751. The SMILES string of the molecule is O=C(O)CCc1ccc(C2(O)CCCNC2)cc1. The van der Waals surface area contributed by atoms with Crippen molar-refractivity contribution in [1.82, 2.24) is 5.32 Å². The second kappa shape index (κ2) is 5.50. The molecule has 1 saturated heterocycles. The number of carboxylic acid groups (broad SMARTS) is 1. The number of benzene rings is 1. The van der Waals surface area contributed by atoms with Crippen LogP contribution < -0.4 is 5.32 Å². The summed E-state index contributed by atoms with van der Waals surface area (Å²) in [4.78, 5) is 10.5. The minimum Gasteiger partial charge on any atom is -0.481 e. The van der Waals surface area contributed by atoms with Crippen molar-refractivity contribution in [3.8, 4) is 0 Å². The Kier molecular flexibility index (Phi) is 3.99. The van der Waals surface area contributed by atoms with Gasteiger partial charge in [0, 0.05) is 13.0 Å². The van der Waals surface area contributed by atoms with Gasteiger partial charge in [0.05, 0.1) is 0 Å². The van der Waals surface area contributed by atoms with E-state index in [9.17, 15) is 9.90 Å². The predicted octanol–water partition coefficient (Wildman–Crippen LogP) is 1.27. The molecule has 1 atom stereocenters. The molecule has 1 aromatic carbocycles. The second-order valence-corrected chi connectivity index (χ2v) is 4.90. The molecule has 0 aliphatic carbocycles. The molecule has 0 aromatic heterocycles. The fraction of sp³-hybridized carbons (Fsp3) is 0.500. The van der Waals surface area contributed by atoms with Gasteiger partial charge in [0.15, 0.2) is 0 Å². The zero-order chi connectivity index (χ0) is 13.0. The van der Waals surface area contributed by atoms with Crippen LogP contribution in [0.1, 0.15) is 30.4 Å². The van der Waals surface area contributed by atoms with Gasteiger partial charge in [-0.05, 0) is 36.9 Å². The highest BCUT2D eigenvalue weighted by molar-refractivity contribution is 5.67. The first-order valence-electron chi connectivity index (χ1n) is 6.34. The maximum Gasteiger partial charge on any atom is 0.303 e. The van der Waals surface area contributed by atoms with Crippen LogP contribution in [-0.4, -0.2) is 29.3 Å². The molecule has 0 amide bonds. The summed E-state index contributed by atoms with van der Waals surface area (Å²) in [5, 5.41) is 22.3. The smallest absolute Gasteiger partial charge is 0.303 e. The van der Waals surface area contributed by atoms with E-state index in [1.54, 1.807) is 0 Å². The number of nitrogens with one attached hydrogen (secondary N) is 1. The molecule has 4 nitrogen and oxygen atoms in total. The Labute approximate surface area is 107 Å². The Hall–Kier alpha value is -1.39. The van der Waals surface area contributed by atoms with Gasteiger partial charge in [0.2, 0.25) is 0 Å². The highest BCUT2D eigenvalue weighted by Crippen LogP contribution is 2.28. The van der Waals surface area contributed by atoms with E-state index in [0.29, 0.717) is 13.0 Å². The summed E-state index contributed by atoms with van der Waals surface area (Å²) >= 11 is 0. The lowest BCUT2D eigenvalue weighted by Gasteiger charge is -2.33. The van der Waals surface area contributed by atoms with Crippen LogP contribution >= 0.6 is 0 Å². The largest absolute Gasteiger partial charge is 0.481 e. The number of carboxylic acids is 1. The maximum absolute atomic E-state index is 10.5. The van der Waals surface area contributed by atoms with Gasteiger partial charge < -0.3 is 15.5 Å². The van der Waals surface area contributed by atoms with Crippen molar-refractivity contribution in [3.63, 3.8) is 0 Å². The van der Waals surface area contributed by atoms with Gasteiger partial charge in [-0.3, -0.25) is 4.79 Å². The number of rotatable bonds is 4. The van der Waals surface area contributed by atoms with Crippen molar-refractivity contribution in [2.75, 3.05) is 13.1 Å². The highest BCUT2D eigenvalue weighted by Gasteiger charge is 2.30. The molecule has 1 fully saturated rings. The van der Waals surface area contributed by atoms with Crippen LogP contribution in [0.25, 0.3) is 0 Å². The number of aliphatic carboxylic acids is 1. The van der Waals surface area contributed by atoms with E-state index in [0.717, 1.165) is 30.5 Å². The van der Waals surface area contributed by atoms with Crippen LogP contribution in [0.4, 0.5) is 0 Å². The molecular weight excluding hydrogens is 230 g/mol. The van der Waals surface area contributed by atoms with Crippen molar-refractivity contribution in [1.29, 1.82) is 0 Å². The van der Waals surface area contributed by atoms with Gasteiger partial charge in [-0.1, -0.05) is 24.3 Å². The Morgan fingerprint density at radius 1 is 1.33 bits per heavy atom. The van der Waals surface area contributed by atoms with E-state index >= 15 is 0 Å². The van der Waals surface area contributed by atoms with Crippen molar-refractivity contribution in [2.24, 2.45) is 0 Å². The summed E-state index contributed by atoms with van der Waals surface area (Å²) in [6, 6.07) is 7.63. The highest BCUT2D eigenvalue weighted by atomic mass is 16.4. The van der Waals surface area contributed by atoms with Crippen molar-refractivity contribution in [3.05, 3.63) is 35.4 Å². The first-order valence-corrected chi connectivity index (χ1v) is 6.34. The van der Waals surface area contributed by atoms with E-state index in [-0.39, 0.29) is 6.42 Å². The molecule has 1 aromatic rings. The lowest BCUT2D eigenvalue weighted by atomic mass is 9.86. The minimum absolute atomic E-state index is 0.144. The number of aliphatic hydroxyl groups is 1. The lowest BCUT2D eigenvalue weighted by molar-refractivity contribution is -0.136. The van der Waals surface area contributed by atoms with Crippen LogP contribution in [0, 0.1) is 0 Å². The number of hydrogen-bond donors (Lipinski definition) is 3. The van der Waals surface area contributed by atoms with E-state index in [4.69, 9.17) is 5.11 Å². The normalized spacial score (nSPS) is 23.8. The monoisotopic (exact) mass is 249 g/mol. The van der Waals surface area contributed by atoms with E-state index < -0.39 is 11.6 Å². The number of carbonyl (C=O) groups is 1. The zero-order valence-corrected chi connectivity index (χ0v) is 10.4. The average molecular weight is 249 g/mol. The molecule has 1 unspecified atom stereocenters. The molecule has 3 N–H and O–H groups in total. The third kappa shape index (κ3) is 3.09. The molecule has 1 heterocycles. The number of β-amino-alcohol motifs (C(OH)–C–C–N with tert-alkyl or cyclic N) is 1. The maximum atomic E-state index is 10.5. The number of aryl methyl sites for hydroxylation is 1. The zero-order valence-electron chi connectivity index (χ0n) is 10.4. The van der Waals surface area contributed by atoms with Crippen molar-refractivity contribution >= 4 is 5.97 Å². The van der Waals surface area contributed by atoms with E-state index in [1.807, 2.05) is 24.3 Å². The van der Waals surface area contributed by atoms with Gasteiger partial charge in [-0.2, -0.15) is 0 Å². The summed E-state index contributed by atoms with van der Waals surface area (Å²) in [6.07, 6.45) is 2.42.